The lowest BCUT2D eigenvalue weighted by atomic mass is 9.79. The molecule has 3 N–H and O–H groups in total. The Morgan fingerprint density at radius 1 is 1.04 bits per heavy atom. The van der Waals surface area contributed by atoms with E-state index in [1.165, 1.54) is 4.90 Å². The summed E-state index contributed by atoms with van der Waals surface area (Å²) in [7, 11) is 0. The maximum absolute atomic E-state index is 13.6. The van der Waals surface area contributed by atoms with Crippen LogP contribution in [0.3, 0.4) is 0 Å². The molecule has 0 aromatic heterocycles. The summed E-state index contributed by atoms with van der Waals surface area (Å²) in [4.78, 5) is 13.6. The second-order valence-electron chi connectivity index (χ2n) is 6.18. The zero-order chi connectivity index (χ0) is 16.7. The van der Waals surface area contributed by atoms with Crippen LogP contribution in [-0.4, -0.2) is 46.4 Å². The largest absolute Gasteiger partial charge is 0.390 e. The number of hydrogen-bond donors (Lipinski definition) is 3. The Morgan fingerprint density at radius 2 is 1.61 bits per heavy atom. The average Bonchev–Trinajstić information content (AvgIpc) is 2.91. The minimum absolute atomic E-state index is 0.0638. The molecule has 1 aliphatic heterocycles. The molecule has 2 amide bonds. The fourth-order valence-electron chi connectivity index (χ4n) is 3.39. The van der Waals surface area contributed by atoms with Crippen molar-refractivity contribution in [1.29, 1.82) is 0 Å². The minimum Gasteiger partial charge on any atom is -0.390 e. The molecular weight excluding hydrogens is 313 g/mol. The third kappa shape index (κ3) is 3.00. The molecule has 1 aliphatic carbocycles. The van der Waals surface area contributed by atoms with Crippen LogP contribution in [0.1, 0.15) is 12.8 Å². The monoisotopic (exact) mass is 330 g/mol. The van der Waals surface area contributed by atoms with E-state index >= 15 is 0 Å². The highest BCUT2D eigenvalue weighted by Crippen LogP contribution is 2.36. The fraction of sp³-hybridized carbons (Fsp3) is 0.533. The number of urea groups is 1. The lowest BCUT2D eigenvalue weighted by Crippen LogP contribution is -2.38. The van der Waals surface area contributed by atoms with Gasteiger partial charge in [0.1, 0.15) is 0 Å². The van der Waals surface area contributed by atoms with Gasteiger partial charge in [-0.15, -0.1) is 0 Å². The summed E-state index contributed by atoms with van der Waals surface area (Å²) in [6.07, 6.45) is -0.810. The number of aliphatic hydroxyl groups is 2. The molecule has 0 spiro atoms. The van der Waals surface area contributed by atoms with Crippen molar-refractivity contribution in [2.75, 3.05) is 18.4 Å². The Kier molecular flexibility index (Phi) is 4.20. The number of likely N-dealkylation sites (tertiary alicyclic amines) is 1. The maximum atomic E-state index is 13.6. The lowest BCUT2D eigenvalue weighted by molar-refractivity contribution is -0.0372. The molecule has 1 saturated heterocycles. The Hall–Kier alpha value is -1.80. The Morgan fingerprint density at radius 3 is 2.17 bits per heavy atom. The molecule has 1 aromatic carbocycles. The van der Waals surface area contributed by atoms with E-state index in [4.69, 9.17) is 0 Å². The lowest BCUT2D eigenvalue weighted by Gasteiger charge is -2.31. The van der Waals surface area contributed by atoms with E-state index in [2.05, 4.69) is 5.32 Å². The molecule has 2 aliphatic rings. The van der Waals surface area contributed by atoms with Gasteiger partial charge in [-0.25, -0.2) is 18.0 Å². The molecule has 0 bridgehead atoms. The molecule has 1 heterocycles. The van der Waals surface area contributed by atoms with Gasteiger partial charge in [0, 0.05) is 13.1 Å². The van der Waals surface area contributed by atoms with Crippen LogP contribution in [0.15, 0.2) is 12.1 Å². The second kappa shape index (κ2) is 6.01. The summed E-state index contributed by atoms with van der Waals surface area (Å²) in [6, 6.07) is 1.08. The van der Waals surface area contributed by atoms with Crippen LogP contribution >= 0.6 is 0 Å². The first kappa shape index (κ1) is 16.1. The van der Waals surface area contributed by atoms with Crippen molar-refractivity contribution in [3.8, 4) is 0 Å². The summed E-state index contributed by atoms with van der Waals surface area (Å²) in [5.74, 6) is -4.27. The van der Waals surface area contributed by atoms with E-state index in [0.717, 1.165) is 12.1 Å². The van der Waals surface area contributed by atoms with Gasteiger partial charge >= 0.3 is 6.03 Å². The Bertz CT molecular complexity index is 610. The van der Waals surface area contributed by atoms with Gasteiger partial charge < -0.3 is 20.4 Å². The highest BCUT2D eigenvalue weighted by atomic mass is 19.2. The topological polar surface area (TPSA) is 72.8 Å². The first-order chi connectivity index (χ1) is 10.9. The fourth-order valence-corrected chi connectivity index (χ4v) is 3.39. The van der Waals surface area contributed by atoms with E-state index in [9.17, 15) is 28.2 Å². The van der Waals surface area contributed by atoms with Crippen molar-refractivity contribution in [2.24, 2.45) is 11.8 Å². The standard InChI is InChI=1S/C15H17F3N2O3/c16-9-1-2-10(14(18)13(9)17)19-15(23)20-5-7-3-11(21)12(22)4-8(7)6-20/h1-2,7-8,11-12,21-22H,3-6H2,(H,19,23)/t7-,8+,11+,12-. The van der Waals surface area contributed by atoms with Crippen LogP contribution in [0, 0.1) is 29.3 Å². The first-order valence-corrected chi connectivity index (χ1v) is 7.42. The average molecular weight is 330 g/mol. The smallest absolute Gasteiger partial charge is 0.321 e. The van der Waals surface area contributed by atoms with Crippen molar-refractivity contribution in [2.45, 2.75) is 25.0 Å². The normalized spacial score (nSPS) is 30.2. The molecule has 4 atom stereocenters. The zero-order valence-electron chi connectivity index (χ0n) is 12.2. The summed E-state index contributed by atoms with van der Waals surface area (Å²) in [5.41, 5.74) is -0.427. The Balaban J connectivity index is 1.67. The summed E-state index contributed by atoms with van der Waals surface area (Å²) >= 11 is 0. The number of carbonyl (C=O) groups is 1. The second-order valence-corrected chi connectivity index (χ2v) is 6.18. The van der Waals surface area contributed by atoms with Gasteiger partial charge in [-0.05, 0) is 36.8 Å². The molecule has 1 saturated carbocycles. The number of rotatable bonds is 1. The molecule has 126 valence electrons. The number of fused-ring (bicyclic) bond motifs is 1. The van der Waals surface area contributed by atoms with Crippen LogP contribution in [0.5, 0.6) is 0 Å². The van der Waals surface area contributed by atoms with Crippen molar-refractivity contribution in [3.05, 3.63) is 29.6 Å². The van der Waals surface area contributed by atoms with Crippen molar-refractivity contribution in [1.82, 2.24) is 4.90 Å². The Labute approximate surface area is 130 Å². The van der Waals surface area contributed by atoms with Crippen LogP contribution in [0.4, 0.5) is 23.7 Å². The van der Waals surface area contributed by atoms with E-state index in [-0.39, 0.29) is 11.8 Å². The van der Waals surface area contributed by atoms with Gasteiger partial charge in [0.2, 0.25) is 0 Å². The third-order valence-corrected chi connectivity index (χ3v) is 4.67. The minimum atomic E-state index is -1.64. The maximum Gasteiger partial charge on any atom is 0.321 e. The highest BCUT2D eigenvalue weighted by Gasteiger charge is 2.42. The molecule has 0 unspecified atom stereocenters. The molecular formula is C15H17F3N2O3. The molecule has 23 heavy (non-hydrogen) atoms. The van der Waals surface area contributed by atoms with Gasteiger partial charge in [-0.3, -0.25) is 0 Å². The SMILES string of the molecule is O=C(Nc1ccc(F)c(F)c1F)N1C[C@H]2C[C@H](O)[C@H](O)C[C@H]2C1. The van der Waals surface area contributed by atoms with E-state index in [1.807, 2.05) is 0 Å². The van der Waals surface area contributed by atoms with Gasteiger partial charge in [0.15, 0.2) is 17.5 Å². The van der Waals surface area contributed by atoms with Crippen LogP contribution in [0.2, 0.25) is 0 Å². The first-order valence-electron chi connectivity index (χ1n) is 7.42. The number of hydrogen-bond acceptors (Lipinski definition) is 3. The quantitative estimate of drug-likeness (QED) is 0.686. The summed E-state index contributed by atoms with van der Waals surface area (Å²) < 4.78 is 39.7. The van der Waals surface area contributed by atoms with Crippen molar-refractivity contribution in [3.63, 3.8) is 0 Å². The third-order valence-electron chi connectivity index (χ3n) is 4.67. The van der Waals surface area contributed by atoms with Gasteiger partial charge in [0.25, 0.3) is 0 Å². The number of nitrogens with zero attached hydrogens (tertiary/aromatic N) is 1. The summed E-state index contributed by atoms with van der Waals surface area (Å²) in [5, 5.41) is 21.6. The van der Waals surface area contributed by atoms with Crippen molar-refractivity contribution >= 4 is 11.7 Å². The van der Waals surface area contributed by atoms with Crippen LogP contribution in [-0.2, 0) is 0 Å². The molecule has 5 nitrogen and oxygen atoms in total. The molecule has 0 radical (unpaired) electrons. The van der Waals surface area contributed by atoms with Crippen molar-refractivity contribution < 1.29 is 28.2 Å². The number of benzene rings is 1. The van der Waals surface area contributed by atoms with Crippen LogP contribution in [0.25, 0.3) is 0 Å². The van der Waals surface area contributed by atoms with E-state index in [1.54, 1.807) is 0 Å². The molecule has 2 fully saturated rings. The zero-order valence-corrected chi connectivity index (χ0v) is 12.2. The number of aliphatic hydroxyl groups excluding tert-OH is 2. The van der Waals surface area contributed by atoms with E-state index < -0.39 is 41.4 Å². The van der Waals surface area contributed by atoms with E-state index in [0.29, 0.717) is 25.9 Å². The predicted molar refractivity (Wildman–Crippen MR) is 75.1 cm³/mol. The number of anilines is 1. The van der Waals surface area contributed by atoms with Gasteiger partial charge in [-0.1, -0.05) is 0 Å². The highest BCUT2D eigenvalue weighted by molar-refractivity contribution is 5.89. The van der Waals surface area contributed by atoms with Gasteiger partial charge in [-0.2, -0.15) is 0 Å². The number of amides is 2. The predicted octanol–water partition coefficient (Wildman–Crippen LogP) is 1.70. The molecule has 3 rings (SSSR count). The number of carbonyl (C=O) groups excluding carboxylic acids is 1. The van der Waals surface area contributed by atoms with Crippen LogP contribution < -0.4 is 5.32 Å². The van der Waals surface area contributed by atoms with Gasteiger partial charge in [0.05, 0.1) is 17.9 Å². The molecule has 1 aromatic rings. The number of halogens is 3. The molecule has 8 heteroatoms. The number of nitrogens with one attached hydrogen (secondary N) is 1. The summed E-state index contributed by atoms with van der Waals surface area (Å²) in [6.45, 7) is 0.733.